The highest BCUT2D eigenvalue weighted by Crippen LogP contribution is 2.39. The molecule has 13 heteroatoms. The fraction of sp³-hybridized carbons (Fsp3) is 0.292. The van der Waals surface area contributed by atoms with Crippen LogP contribution in [0.1, 0.15) is 29.2 Å². The first kappa shape index (κ1) is 23.0. The normalized spacial score (nSPS) is 16.6. The molecule has 0 spiro atoms. The van der Waals surface area contributed by atoms with Gasteiger partial charge in [0, 0.05) is 42.2 Å². The van der Waals surface area contributed by atoms with E-state index in [4.69, 9.17) is 9.84 Å². The number of amides is 1. The molecule has 1 saturated heterocycles. The van der Waals surface area contributed by atoms with Gasteiger partial charge in [-0.25, -0.2) is 9.50 Å². The standard InChI is InChI=1S/C24H23F2N9O2/c1-33-6-2-4-15(12-33)35-13-19(30-23(36)17-11-29-34-7-3-5-27-22(17)34)21(32-35)16-8-14-10-28-31-18(14)9-20(16)37-24(25)26/h3,5,7-11,13,15,24H,2,4,6,12H2,1H3,(H,28,31)(H,30,36). The Balaban J connectivity index is 1.45. The number of halogens is 2. The van der Waals surface area contributed by atoms with Gasteiger partial charge in [0.2, 0.25) is 0 Å². The zero-order chi connectivity index (χ0) is 25.5. The van der Waals surface area contributed by atoms with Gasteiger partial charge < -0.3 is 15.0 Å². The van der Waals surface area contributed by atoms with Crippen molar-refractivity contribution < 1.29 is 18.3 Å². The Morgan fingerprint density at radius 2 is 2.19 bits per heavy atom. The van der Waals surface area contributed by atoms with E-state index in [1.165, 1.54) is 16.8 Å². The minimum Gasteiger partial charge on any atom is -0.434 e. The molecule has 1 unspecified atom stereocenters. The Bertz CT molecular complexity index is 1590. The molecule has 1 aliphatic rings. The predicted molar refractivity (Wildman–Crippen MR) is 131 cm³/mol. The van der Waals surface area contributed by atoms with Crippen LogP contribution in [0.3, 0.4) is 0 Å². The van der Waals surface area contributed by atoms with Gasteiger partial charge in [-0.1, -0.05) is 0 Å². The summed E-state index contributed by atoms with van der Waals surface area (Å²) in [7, 11) is 2.04. The highest BCUT2D eigenvalue weighted by molar-refractivity contribution is 6.09. The minimum absolute atomic E-state index is 0.0546. The molecule has 1 atom stereocenters. The van der Waals surface area contributed by atoms with E-state index in [2.05, 4.69) is 30.5 Å². The minimum atomic E-state index is -3.05. The van der Waals surface area contributed by atoms with Crippen molar-refractivity contribution in [3.8, 4) is 17.0 Å². The second kappa shape index (κ2) is 9.24. The molecular weight excluding hydrogens is 484 g/mol. The Labute approximate surface area is 209 Å². The molecule has 0 aliphatic carbocycles. The van der Waals surface area contributed by atoms with E-state index in [0.29, 0.717) is 33.5 Å². The first-order chi connectivity index (χ1) is 18.0. The van der Waals surface area contributed by atoms with Gasteiger partial charge in [-0.3, -0.25) is 14.6 Å². The van der Waals surface area contributed by atoms with Crippen LogP contribution in [0.15, 0.2) is 49.2 Å². The molecule has 1 amide bonds. The number of aromatic amines is 1. The summed E-state index contributed by atoms with van der Waals surface area (Å²) in [6.07, 6.45) is 9.91. The Morgan fingerprint density at radius 3 is 3.03 bits per heavy atom. The fourth-order valence-corrected chi connectivity index (χ4v) is 4.75. The summed E-state index contributed by atoms with van der Waals surface area (Å²) >= 11 is 0. The molecule has 0 radical (unpaired) electrons. The third kappa shape index (κ3) is 4.37. The van der Waals surface area contributed by atoms with E-state index in [1.54, 1.807) is 41.6 Å². The number of benzene rings is 1. The Hall–Kier alpha value is -4.39. The van der Waals surface area contributed by atoms with Crippen molar-refractivity contribution in [1.29, 1.82) is 0 Å². The topological polar surface area (TPSA) is 118 Å². The lowest BCUT2D eigenvalue weighted by atomic mass is 10.1. The SMILES string of the molecule is CN1CCCC(n2cc(NC(=O)c3cnn4cccnc34)c(-c3cc4cn[nH]c4cc3OC(F)F)n2)C1. The molecule has 1 aliphatic heterocycles. The summed E-state index contributed by atoms with van der Waals surface area (Å²) in [6, 6.07) is 4.89. The summed E-state index contributed by atoms with van der Waals surface area (Å²) in [5.41, 5.74) is 2.18. The third-order valence-corrected chi connectivity index (χ3v) is 6.49. The van der Waals surface area contributed by atoms with E-state index >= 15 is 0 Å². The number of ether oxygens (including phenoxy) is 1. The van der Waals surface area contributed by atoms with Crippen LogP contribution in [0.2, 0.25) is 0 Å². The number of piperidine rings is 1. The number of carbonyl (C=O) groups is 1. The van der Waals surface area contributed by atoms with Gasteiger partial charge in [-0.2, -0.15) is 24.1 Å². The van der Waals surface area contributed by atoms with Gasteiger partial charge >= 0.3 is 6.61 Å². The number of alkyl halides is 2. The maximum absolute atomic E-state index is 13.4. The summed E-state index contributed by atoms with van der Waals surface area (Å²) in [4.78, 5) is 19.8. The molecule has 37 heavy (non-hydrogen) atoms. The van der Waals surface area contributed by atoms with Crippen LogP contribution in [-0.4, -0.2) is 72.1 Å². The number of likely N-dealkylation sites (N-methyl/N-ethyl adjacent to an activating group) is 1. The van der Waals surface area contributed by atoms with Crippen molar-refractivity contribution in [1.82, 2.24) is 39.5 Å². The number of hydrogen-bond donors (Lipinski definition) is 2. The molecule has 1 aromatic carbocycles. The molecule has 190 valence electrons. The van der Waals surface area contributed by atoms with Crippen LogP contribution < -0.4 is 10.1 Å². The fourth-order valence-electron chi connectivity index (χ4n) is 4.75. The van der Waals surface area contributed by atoms with E-state index in [9.17, 15) is 13.6 Å². The second-order valence-corrected chi connectivity index (χ2v) is 9.01. The lowest BCUT2D eigenvalue weighted by molar-refractivity contribution is -0.0493. The predicted octanol–water partition coefficient (Wildman–Crippen LogP) is 3.59. The average Bonchev–Trinajstić information content (AvgIpc) is 3.61. The Kier molecular flexibility index (Phi) is 5.75. The van der Waals surface area contributed by atoms with Crippen molar-refractivity contribution in [2.75, 3.05) is 25.5 Å². The number of anilines is 1. The van der Waals surface area contributed by atoms with Crippen LogP contribution in [0.4, 0.5) is 14.5 Å². The van der Waals surface area contributed by atoms with Crippen LogP contribution >= 0.6 is 0 Å². The molecule has 2 N–H and O–H groups in total. The summed E-state index contributed by atoms with van der Waals surface area (Å²) < 4.78 is 34.9. The van der Waals surface area contributed by atoms with Crippen LogP contribution in [0, 0.1) is 0 Å². The van der Waals surface area contributed by atoms with Crippen molar-refractivity contribution in [2.45, 2.75) is 25.5 Å². The number of nitrogens with one attached hydrogen (secondary N) is 2. The van der Waals surface area contributed by atoms with Crippen molar-refractivity contribution >= 4 is 28.1 Å². The van der Waals surface area contributed by atoms with Crippen molar-refractivity contribution in [3.05, 3.63) is 54.7 Å². The first-order valence-corrected chi connectivity index (χ1v) is 11.8. The third-order valence-electron chi connectivity index (χ3n) is 6.49. The van der Waals surface area contributed by atoms with E-state index in [-0.39, 0.29) is 17.4 Å². The van der Waals surface area contributed by atoms with E-state index < -0.39 is 12.5 Å². The maximum Gasteiger partial charge on any atom is 0.387 e. The quantitative estimate of drug-likeness (QED) is 0.361. The monoisotopic (exact) mass is 507 g/mol. The number of aromatic nitrogens is 7. The Morgan fingerprint density at radius 1 is 1.30 bits per heavy atom. The zero-order valence-corrected chi connectivity index (χ0v) is 19.8. The van der Waals surface area contributed by atoms with Crippen molar-refractivity contribution in [3.63, 3.8) is 0 Å². The van der Waals surface area contributed by atoms with Gasteiger partial charge in [0.15, 0.2) is 5.65 Å². The zero-order valence-electron chi connectivity index (χ0n) is 19.8. The van der Waals surface area contributed by atoms with E-state index in [0.717, 1.165) is 25.9 Å². The second-order valence-electron chi connectivity index (χ2n) is 9.01. The van der Waals surface area contributed by atoms with Gasteiger partial charge in [-0.15, -0.1) is 0 Å². The lowest BCUT2D eigenvalue weighted by Crippen LogP contribution is -2.33. The number of rotatable bonds is 6. The number of likely N-dealkylation sites (tertiary alicyclic amines) is 1. The molecule has 4 aromatic heterocycles. The smallest absolute Gasteiger partial charge is 0.387 e. The van der Waals surface area contributed by atoms with Gasteiger partial charge in [0.1, 0.15) is 17.0 Å². The molecule has 0 saturated carbocycles. The molecular formula is C24H23F2N9O2. The number of hydrogen-bond acceptors (Lipinski definition) is 7. The van der Waals surface area contributed by atoms with E-state index in [1.807, 2.05) is 7.05 Å². The van der Waals surface area contributed by atoms with Crippen LogP contribution in [-0.2, 0) is 0 Å². The van der Waals surface area contributed by atoms with Gasteiger partial charge in [0.25, 0.3) is 5.91 Å². The molecule has 0 bridgehead atoms. The van der Waals surface area contributed by atoms with Gasteiger partial charge in [0.05, 0.1) is 29.6 Å². The molecule has 5 heterocycles. The number of carbonyl (C=O) groups excluding carboxylic acids is 1. The highest BCUT2D eigenvalue weighted by Gasteiger charge is 2.26. The number of H-pyrrole nitrogens is 1. The first-order valence-electron chi connectivity index (χ1n) is 11.8. The lowest BCUT2D eigenvalue weighted by Gasteiger charge is -2.29. The maximum atomic E-state index is 13.4. The van der Waals surface area contributed by atoms with Crippen LogP contribution in [0.5, 0.6) is 5.75 Å². The summed E-state index contributed by atoms with van der Waals surface area (Å²) in [5, 5.41) is 19.3. The summed E-state index contributed by atoms with van der Waals surface area (Å²) in [5.74, 6) is -0.526. The molecule has 11 nitrogen and oxygen atoms in total. The average molecular weight is 508 g/mol. The number of nitrogens with zero attached hydrogens (tertiary/aromatic N) is 7. The van der Waals surface area contributed by atoms with Gasteiger partial charge in [-0.05, 0) is 38.6 Å². The molecule has 6 rings (SSSR count). The molecule has 5 aromatic rings. The largest absolute Gasteiger partial charge is 0.434 e. The highest BCUT2D eigenvalue weighted by atomic mass is 19.3. The van der Waals surface area contributed by atoms with Crippen molar-refractivity contribution in [2.24, 2.45) is 0 Å². The number of fused-ring (bicyclic) bond motifs is 2. The summed E-state index contributed by atoms with van der Waals surface area (Å²) in [6.45, 7) is -1.29. The molecule has 1 fully saturated rings. The van der Waals surface area contributed by atoms with Crippen LogP contribution in [0.25, 0.3) is 27.8 Å².